The molecular weight excluding hydrogens is 266 g/mol. The number of nitro groups is 1. The summed E-state index contributed by atoms with van der Waals surface area (Å²) in [6.45, 7) is 2.23. The minimum Gasteiger partial charge on any atom is -0.481 e. The molecule has 2 heterocycles. The Kier molecular flexibility index (Phi) is 3.73. The SMILES string of the molecule is COc1ccc([N+](=O)[O-])c(N2CCC(C)C2C(=O)O)n1. The van der Waals surface area contributed by atoms with E-state index in [1.54, 1.807) is 0 Å². The number of rotatable bonds is 4. The zero-order valence-electron chi connectivity index (χ0n) is 11.1. The number of carboxylic acid groups (broad SMARTS) is 1. The number of hydrogen-bond donors (Lipinski definition) is 1. The van der Waals surface area contributed by atoms with E-state index in [9.17, 15) is 20.0 Å². The fourth-order valence-electron chi connectivity index (χ4n) is 2.45. The molecule has 2 unspecified atom stereocenters. The largest absolute Gasteiger partial charge is 0.481 e. The van der Waals surface area contributed by atoms with Crippen LogP contribution in [0.15, 0.2) is 12.1 Å². The second-order valence-corrected chi connectivity index (χ2v) is 4.70. The van der Waals surface area contributed by atoms with Gasteiger partial charge in [0, 0.05) is 18.7 Å². The number of carbonyl (C=O) groups is 1. The van der Waals surface area contributed by atoms with Crippen molar-refractivity contribution in [3.8, 4) is 5.88 Å². The molecule has 1 aromatic heterocycles. The molecule has 0 radical (unpaired) electrons. The molecule has 8 nitrogen and oxygen atoms in total. The molecule has 1 aromatic rings. The molecule has 108 valence electrons. The first-order valence-corrected chi connectivity index (χ1v) is 6.14. The van der Waals surface area contributed by atoms with Crippen molar-refractivity contribution in [3.05, 3.63) is 22.2 Å². The number of anilines is 1. The fourth-order valence-corrected chi connectivity index (χ4v) is 2.45. The summed E-state index contributed by atoms with van der Waals surface area (Å²) in [6.07, 6.45) is 0.646. The quantitative estimate of drug-likeness (QED) is 0.654. The van der Waals surface area contributed by atoms with Crippen LogP contribution in [0.2, 0.25) is 0 Å². The van der Waals surface area contributed by atoms with E-state index in [-0.39, 0.29) is 23.3 Å². The predicted octanol–water partition coefficient (Wildman–Crippen LogP) is 1.30. The van der Waals surface area contributed by atoms with E-state index in [1.165, 1.54) is 24.1 Å². The molecule has 0 aliphatic carbocycles. The zero-order chi connectivity index (χ0) is 14.9. The lowest BCUT2D eigenvalue weighted by molar-refractivity contribution is -0.384. The van der Waals surface area contributed by atoms with Crippen molar-refractivity contribution in [2.24, 2.45) is 5.92 Å². The second kappa shape index (κ2) is 5.32. The summed E-state index contributed by atoms with van der Waals surface area (Å²) in [6, 6.07) is 1.85. The maximum atomic E-state index is 11.4. The maximum Gasteiger partial charge on any atom is 0.326 e. The first-order valence-electron chi connectivity index (χ1n) is 6.14. The van der Waals surface area contributed by atoms with Crippen LogP contribution in [0, 0.1) is 16.0 Å². The molecule has 0 bridgehead atoms. The minimum absolute atomic E-state index is 0.0473. The van der Waals surface area contributed by atoms with Gasteiger partial charge in [-0.05, 0) is 12.3 Å². The maximum absolute atomic E-state index is 11.4. The van der Waals surface area contributed by atoms with E-state index in [0.717, 1.165) is 0 Å². The van der Waals surface area contributed by atoms with E-state index in [0.29, 0.717) is 13.0 Å². The minimum atomic E-state index is -1.01. The third-order valence-corrected chi connectivity index (χ3v) is 3.46. The molecule has 1 aliphatic heterocycles. The number of ether oxygens (including phenoxy) is 1. The lowest BCUT2D eigenvalue weighted by Gasteiger charge is -2.24. The molecular formula is C12H15N3O5. The van der Waals surface area contributed by atoms with Crippen molar-refractivity contribution in [3.63, 3.8) is 0 Å². The number of nitrogens with zero attached hydrogens (tertiary/aromatic N) is 3. The fraction of sp³-hybridized carbons (Fsp3) is 0.500. The molecule has 2 rings (SSSR count). The normalized spacial score (nSPS) is 21.8. The van der Waals surface area contributed by atoms with Crippen molar-refractivity contribution >= 4 is 17.5 Å². The Balaban J connectivity index is 2.49. The number of hydrogen-bond acceptors (Lipinski definition) is 6. The predicted molar refractivity (Wildman–Crippen MR) is 70.0 cm³/mol. The number of aromatic nitrogens is 1. The van der Waals surface area contributed by atoms with E-state index in [1.807, 2.05) is 6.92 Å². The van der Waals surface area contributed by atoms with Gasteiger partial charge < -0.3 is 14.7 Å². The molecule has 20 heavy (non-hydrogen) atoms. The van der Waals surface area contributed by atoms with Crippen LogP contribution < -0.4 is 9.64 Å². The van der Waals surface area contributed by atoms with Crippen LogP contribution in [0.4, 0.5) is 11.5 Å². The van der Waals surface area contributed by atoms with Gasteiger partial charge in [0.05, 0.1) is 12.0 Å². The molecule has 1 saturated heterocycles. The lowest BCUT2D eigenvalue weighted by atomic mass is 10.0. The Morgan fingerprint density at radius 2 is 2.30 bits per heavy atom. The van der Waals surface area contributed by atoms with Crippen LogP contribution >= 0.6 is 0 Å². The van der Waals surface area contributed by atoms with E-state index < -0.39 is 16.9 Å². The highest BCUT2D eigenvalue weighted by molar-refractivity contribution is 5.80. The van der Waals surface area contributed by atoms with E-state index >= 15 is 0 Å². The lowest BCUT2D eigenvalue weighted by Crippen LogP contribution is -2.39. The molecule has 0 aromatic carbocycles. The van der Waals surface area contributed by atoms with Crippen LogP contribution in [-0.2, 0) is 4.79 Å². The number of carboxylic acids is 1. The molecule has 0 amide bonds. The highest BCUT2D eigenvalue weighted by atomic mass is 16.6. The molecule has 1 fully saturated rings. The van der Waals surface area contributed by atoms with Crippen LogP contribution in [0.5, 0.6) is 5.88 Å². The first kappa shape index (κ1) is 14.0. The first-order chi connectivity index (χ1) is 9.45. The van der Waals surface area contributed by atoms with E-state index in [2.05, 4.69) is 4.98 Å². The Bertz CT molecular complexity index is 548. The standard InChI is InChI=1S/C12H15N3O5/c1-7-5-6-14(10(7)12(16)17)11-8(15(18)19)3-4-9(13-11)20-2/h3-4,7,10H,5-6H2,1-2H3,(H,16,17). The summed E-state index contributed by atoms with van der Waals surface area (Å²) in [5, 5.41) is 20.4. The summed E-state index contributed by atoms with van der Waals surface area (Å²) in [4.78, 5) is 27.4. The number of aliphatic carboxylic acids is 1. The van der Waals surface area contributed by atoms with Gasteiger partial charge >= 0.3 is 11.7 Å². The average Bonchev–Trinajstić information content (AvgIpc) is 2.79. The van der Waals surface area contributed by atoms with Gasteiger partial charge in [-0.3, -0.25) is 10.1 Å². The molecule has 0 spiro atoms. The van der Waals surface area contributed by atoms with Crippen molar-refractivity contribution < 1.29 is 19.6 Å². The average molecular weight is 281 g/mol. The summed E-state index contributed by atoms with van der Waals surface area (Å²) in [5.74, 6) is -0.839. The van der Waals surface area contributed by atoms with E-state index in [4.69, 9.17) is 4.74 Å². The monoisotopic (exact) mass is 281 g/mol. The van der Waals surface area contributed by atoms with Crippen molar-refractivity contribution in [1.82, 2.24) is 4.98 Å². The molecule has 1 N–H and O–H groups in total. The van der Waals surface area contributed by atoms with Crippen molar-refractivity contribution in [2.75, 3.05) is 18.6 Å². The van der Waals surface area contributed by atoms with Crippen LogP contribution in [-0.4, -0.2) is 40.7 Å². The van der Waals surface area contributed by atoms with Gasteiger partial charge in [0.2, 0.25) is 11.7 Å². The van der Waals surface area contributed by atoms with Gasteiger partial charge in [-0.25, -0.2) is 4.79 Å². The van der Waals surface area contributed by atoms with Gasteiger partial charge in [0.1, 0.15) is 6.04 Å². The van der Waals surface area contributed by atoms with Gasteiger partial charge in [0.15, 0.2) is 0 Å². The van der Waals surface area contributed by atoms with Crippen molar-refractivity contribution in [2.45, 2.75) is 19.4 Å². The summed E-state index contributed by atoms with van der Waals surface area (Å²) < 4.78 is 4.96. The van der Waals surface area contributed by atoms with Gasteiger partial charge in [-0.1, -0.05) is 6.92 Å². The Morgan fingerprint density at radius 1 is 1.60 bits per heavy atom. The summed E-state index contributed by atoms with van der Waals surface area (Å²) in [7, 11) is 1.40. The molecule has 2 atom stereocenters. The van der Waals surface area contributed by atoms with Crippen LogP contribution in [0.1, 0.15) is 13.3 Å². The molecule has 8 heteroatoms. The summed E-state index contributed by atoms with van der Waals surface area (Å²) in [5.41, 5.74) is -0.217. The Labute approximate surface area is 115 Å². The van der Waals surface area contributed by atoms with Gasteiger partial charge in [-0.15, -0.1) is 0 Å². The smallest absolute Gasteiger partial charge is 0.326 e. The zero-order valence-corrected chi connectivity index (χ0v) is 11.1. The summed E-state index contributed by atoms with van der Waals surface area (Å²) >= 11 is 0. The van der Waals surface area contributed by atoms with Gasteiger partial charge in [0.25, 0.3) is 0 Å². The Morgan fingerprint density at radius 3 is 2.85 bits per heavy atom. The number of pyridine rings is 1. The highest BCUT2D eigenvalue weighted by Crippen LogP contribution is 2.35. The third-order valence-electron chi connectivity index (χ3n) is 3.46. The third kappa shape index (κ3) is 2.36. The Hall–Kier alpha value is -2.38. The topological polar surface area (TPSA) is 106 Å². The van der Waals surface area contributed by atoms with Gasteiger partial charge in [-0.2, -0.15) is 4.98 Å². The van der Waals surface area contributed by atoms with Crippen LogP contribution in [0.25, 0.3) is 0 Å². The second-order valence-electron chi connectivity index (χ2n) is 4.70. The molecule has 1 aliphatic rings. The highest BCUT2D eigenvalue weighted by Gasteiger charge is 2.40. The molecule has 0 saturated carbocycles. The van der Waals surface area contributed by atoms with Crippen LogP contribution in [0.3, 0.4) is 0 Å². The number of methoxy groups -OCH3 is 1. The van der Waals surface area contributed by atoms with Crippen molar-refractivity contribution in [1.29, 1.82) is 0 Å².